The predicted octanol–water partition coefficient (Wildman–Crippen LogP) is 6.03. The maximum absolute atomic E-state index is 6.48. The van der Waals surface area contributed by atoms with Crippen LogP contribution in [0.1, 0.15) is 78.1 Å². The second-order valence-corrected chi connectivity index (χ2v) is 9.73. The minimum absolute atomic E-state index is 0.477. The Morgan fingerprint density at radius 3 is 2.55 bits per heavy atom. The fraction of sp³-hybridized carbons (Fsp3) is 1.00. The highest BCUT2D eigenvalue weighted by Gasteiger charge is 2.57. The zero-order valence-corrected chi connectivity index (χ0v) is 14.1. The summed E-state index contributed by atoms with van der Waals surface area (Å²) in [6.07, 6.45) is 14.6. The molecule has 7 atom stereocenters. The van der Waals surface area contributed by atoms with Crippen LogP contribution in [-0.2, 0) is 0 Å². The van der Waals surface area contributed by atoms with E-state index in [9.17, 15) is 0 Å². The van der Waals surface area contributed by atoms with Crippen LogP contribution in [0.25, 0.3) is 0 Å². The molecule has 0 saturated heterocycles. The molecule has 0 unspecified atom stereocenters. The van der Waals surface area contributed by atoms with E-state index in [0.717, 1.165) is 23.7 Å². The first-order chi connectivity index (χ1) is 9.53. The third-order valence-electron chi connectivity index (χ3n) is 8.38. The van der Waals surface area contributed by atoms with Crippen LogP contribution in [0.5, 0.6) is 0 Å². The van der Waals surface area contributed by atoms with Gasteiger partial charge in [-0.3, -0.25) is 0 Å². The van der Waals surface area contributed by atoms with Crippen molar-refractivity contribution in [2.45, 2.75) is 83.4 Å². The lowest BCUT2D eigenvalue weighted by Gasteiger charge is -2.60. The summed E-state index contributed by atoms with van der Waals surface area (Å²) in [6.45, 7) is 5.26. The molecule has 0 spiro atoms. The largest absolute Gasteiger partial charge is 0.123 e. The molecule has 0 radical (unpaired) electrons. The number of alkyl halides is 1. The second kappa shape index (κ2) is 4.64. The van der Waals surface area contributed by atoms with Crippen molar-refractivity contribution in [1.82, 2.24) is 0 Å². The van der Waals surface area contributed by atoms with Gasteiger partial charge in [-0.25, -0.2) is 0 Å². The second-order valence-electron chi connectivity index (χ2n) is 9.11. The van der Waals surface area contributed by atoms with E-state index in [2.05, 4.69) is 13.8 Å². The highest BCUT2D eigenvalue weighted by atomic mass is 35.5. The van der Waals surface area contributed by atoms with Crippen molar-refractivity contribution in [2.75, 3.05) is 0 Å². The van der Waals surface area contributed by atoms with E-state index in [0.29, 0.717) is 16.2 Å². The van der Waals surface area contributed by atoms with Crippen molar-refractivity contribution in [2.24, 2.45) is 34.5 Å². The fourth-order valence-corrected chi connectivity index (χ4v) is 7.52. The van der Waals surface area contributed by atoms with Crippen LogP contribution in [0, 0.1) is 34.5 Å². The van der Waals surface area contributed by atoms with Gasteiger partial charge >= 0.3 is 0 Å². The van der Waals surface area contributed by atoms with Gasteiger partial charge < -0.3 is 0 Å². The maximum atomic E-state index is 6.48. The quantitative estimate of drug-likeness (QED) is 0.479. The van der Waals surface area contributed by atoms with E-state index in [1.165, 1.54) is 64.2 Å². The van der Waals surface area contributed by atoms with E-state index < -0.39 is 0 Å². The Hall–Kier alpha value is 0.290. The topological polar surface area (TPSA) is 0 Å². The minimum Gasteiger partial charge on any atom is -0.123 e. The molecule has 0 aromatic heterocycles. The third kappa shape index (κ3) is 1.86. The molecular formula is C19H31Cl. The highest BCUT2D eigenvalue weighted by Crippen LogP contribution is 2.66. The molecule has 4 aliphatic rings. The van der Waals surface area contributed by atoms with Gasteiger partial charge in [-0.15, -0.1) is 11.6 Å². The lowest BCUT2D eigenvalue weighted by atomic mass is 9.45. The summed E-state index contributed by atoms with van der Waals surface area (Å²) in [5, 5.41) is 0.477. The van der Waals surface area contributed by atoms with Gasteiger partial charge in [-0.2, -0.15) is 0 Å². The van der Waals surface area contributed by atoms with Gasteiger partial charge in [0.1, 0.15) is 0 Å². The van der Waals surface area contributed by atoms with Crippen molar-refractivity contribution in [1.29, 1.82) is 0 Å². The predicted molar refractivity (Wildman–Crippen MR) is 86.0 cm³/mol. The van der Waals surface area contributed by atoms with Crippen molar-refractivity contribution in [3.05, 3.63) is 0 Å². The zero-order valence-electron chi connectivity index (χ0n) is 13.3. The molecule has 114 valence electrons. The molecule has 0 aliphatic heterocycles. The van der Waals surface area contributed by atoms with Gasteiger partial charge in [0.15, 0.2) is 0 Å². The summed E-state index contributed by atoms with van der Waals surface area (Å²) in [4.78, 5) is 0. The van der Waals surface area contributed by atoms with Gasteiger partial charge in [0.25, 0.3) is 0 Å². The van der Waals surface area contributed by atoms with E-state index in [4.69, 9.17) is 11.6 Å². The fourth-order valence-electron chi connectivity index (χ4n) is 7.20. The van der Waals surface area contributed by atoms with Crippen molar-refractivity contribution in [3.63, 3.8) is 0 Å². The zero-order chi connectivity index (χ0) is 14.0. The lowest BCUT2D eigenvalue weighted by Crippen LogP contribution is -2.52. The van der Waals surface area contributed by atoms with Crippen LogP contribution >= 0.6 is 11.6 Å². The van der Waals surface area contributed by atoms with Crippen LogP contribution in [0.3, 0.4) is 0 Å². The SMILES string of the molecule is C[C@@]12CCC[C@H]1[C@@H]1CC[C@H]3C[C@@H](Cl)CC[C@]3(C)[C@H]1CC2. The molecule has 0 aromatic rings. The Morgan fingerprint density at radius 2 is 1.70 bits per heavy atom. The molecule has 4 saturated carbocycles. The van der Waals surface area contributed by atoms with Crippen LogP contribution in [0.4, 0.5) is 0 Å². The summed E-state index contributed by atoms with van der Waals surface area (Å²) < 4.78 is 0. The Kier molecular flexibility index (Phi) is 3.23. The van der Waals surface area contributed by atoms with E-state index >= 15 is 0 Å². The first-order valence-corrected chi connectivity index (χ1v) is 9.61. The Morgan fingerprint density at radius 1 is 0.850 bits per heavy atom. The van der Waals surface area contributed by atoms with Crippen molar-refractivity contribution < 1.29 is 0 Å². The number of halogens is 1. The smallest absolute Gasteiger partial charge is 0.0339 e. The Labute approximate surface area is 130 Å². The van der Waals surface area contributed by atoms with Gasteiger partial charge in [-0.1, -0.05) is 20.3 Å². The van der Waals surface area contributed by atoms with Crippen LogP contribution < -0.4 is 0 Å². The van der Waals surface area contributed by atoms with Crippen LogP contribution in [0.15, 0.2) is 0 Å². The molecule has 1 heteroatoms. The Bertz CT molecular complexity index is 391. The van der Waals surface area contributed by atoms with E-state index in [1.54, 1.807) is 0 Å². The maximum Gasteiger partial charge on any atom is 0.0339 e. The summed E-state index contributed by atoms with van der Waals surface area (Å²) >= 11 is 6.48. The molecule has 4 fully saturated rings. The molecule has 0 amide bonds. The van der Waals surface area contributed by atoms with Gasteiger partial charge in [0.2, 0.25) is 0 Å². The van der Waals surface area contributed by atoms with Gasteiger partial charge in [0, 0.05) is 5.38 Å². The molecule has 0 heterocycles. The standard InChI is InChI=1S/C19H31Cl/c1-18-9-3-4-16(18)15-6-5-13-12-14(20)7-11-19(13,2)17(15)8-10-18/h13-17H,3-12H2,1-2H3/t13-,14-,15-,16-,17-,18-,19-/m0/s1. The number of hydrogen-bond acceptors (Lipinski definition) is 0. The number of fused-ring (bicyclic) bond motifs is 5. The lowest BCUT2D eigenvalue weighted by molar-refractivity contribution is -0.102. The first-order valence-electron chi connectivity index (χ1n) is 9.17. The molecule has 4 rings (SSSR count). The van der Waals surface area contributed by atoms with Crippen LogP contribution in [0.2, 0.25) is 0 Å². The average Bonchev–Trinajstić information content (AvgIpc) is 2.81. The summed E-state index contributed by atoms with van der Waals surface area (Å²) in [5.74, 6) is 4.09. The first kappa shape index (κ1) is 13.9. The van der Waals surface area contributed by atoms with Crippen molar-refractivity contribution in [3.8, 4) is 0 Å². The van der Waals surface area contributed by atoms with Crippen LogP contribution in [-0.4, -0.2) is 5.38 Å². The summed E-state index contributed by atoms with van der Waals surface area (Å²) in [5.41, 5.74) is 1.35. The van der Waals surface area contributed by atoms with Crippen molar-refractivity contribution >= 4 is 11.6 Å². The molecule has 0 bridgehead atoms. The molecule has 20 heavy (non-hydrogen) atoms. The number of rotatable bonds is 0. The monoisotopic (exact) mass is 294 g/mol. The highest BCUT2D eigenvalue weighted by molar-refractivity contribution is 6.20. The molecule has 0 aromatic carbocycles. The number of hydrogen-bond donors (Lipinski definition) is 0. The van der Waals surface area contributed by atoms with Gasteiger partial charge in [0.05, 0.1) is 0 Å². The Balaban J connectivity index is 1.62. The molecule has 0 N–H and O–H groups in total. The van der Waals surface area contributed by atoms with E-state index in [1.807, 2.05) is 0 Å². The normalized spacial score (nSPS) is 58.6. The molecule has 0 nitrogen and oxygen atoms in total. The van der Waals surface area contributed by atoms with Gasteiger partial charge in [-0.05, 0) is 92.3 Å². The summed E-state index contributed by atoms with van der Waals surface area (Å²) in [7, 11) is 0. The summed E-state index contributed by atoms with van der Waals surface area (Å²) in [6, 6.07) is 0. The molecule has 4 aliphatic carbocycles. The minimum atomic E-state index is 0.477. The molecular weight excluding hydrogens is 264 g/mol. The van der Waals surface area contributed by atoms with E-state index in [-0.39, 0.29) is 0 Å². The third-order valence-corrected chi connectivity index (χ3v) is 8.78. The average molecular weight is 295 g/mol.